The number of hydrogen-bond donors (Lipinski definition) is 1. The third-order valence-electron chi connectivity index (χ3n) is 8.71. The van der Waals surface area contributed by atoms with Crippen molar-refractivity contribution in [2.24, 2.45) is 16.2 Å². The van der Waals surface area contributed by atoms with Crippen molar-refractivity contribution in [1.82, 2.24) is 0 Å². The minimum absolute atomic E-state index is 0. The molecule has 0 radical (unpaired) electrons. The fourth-order valence-electron chi connectivity index (χ4n) is 5.76. The Kier molecular flexibility index (Phi) is 39.2. The molecule has 0 aromatic heterocycles. The summed E-state index contributed by atoms with van der Waals surface area (Å²) < 4.78 is 45.0. The fraction of sp³-hybridized carbons (Fsp3) is 0.451. The zero-order chi connectivity index (χ0) is 46.0. The maximum Gasteiger partial charge on any atom is 0.180 e. The predicted molar refractivity (Wildman–Crippen MR) is 261 cm³/mol. The maximum absolute atomic E-state index is 8.27. The van der Waals surface area contributed by atoms with Gasteiger partial charge in [-0.05, 0) is 56.7 Å². The Hall–Kier alpha value is -4.69. The van der Waals surface area contributed by atoms with Crippen LogP contribution < -0.4 is 0 Å². The highest BCUT2D eigenvalue weighted by Crippen LogP contribution is 2.23. The average molecular weight is 905 g/mol. The van der Waals surface area contributed by atoms with E-state index in [1.807, 2.05) is 98.8 Å². The van der Waals surface area contributed by atoms with Crippen LogP contribution in [0.1, 0.15) is 56.7 Å². The van der Waals surface area contributed by atoms with Gasteiger partial charge in [-0.25, -0.2) is 0 Å². The van der Waals surface area contributed by atoms with Crippen molar-refractivity contribution in [3.8, 4) is 25.2 Å². The molecule has 13 heteroatoms. The molecule has 1 saturated heterocycles. The molecule has 0 bridgehead atoms. The summed E-state index contributed by atoms with van der Waals surface area (Å²) in [5, 5.41) is 15.1. The van der Waals surface area contributed by atoms with Crippen molar-refractivity contribution >= 4 is 21.8 Å². The molecule has 5 atom stereocenters. The summed E-state index contributed by atoms with van der Waals surface area (Å²) in [6.07, 6.45) is 19.7. The monoisotopic (exact) mass is 905 g/mol. The van der Waals surface area contributed by atoms with E-state index >= 15 is 0 Å². The highest BCUT2D eigenvalue weighted by molar-refractivity contribution is 6.92. The van der Waals surface area contributed by atoms with E-state index in [0.717, 1.165) is 29.7 Å². The molecule has 64 heavy (non-hydrogen) atoms. The summed E-state index contributed by atoms with van der Waals surface area (Å²) in [6, 6.07) is 30.2. The Morgan fingerprint density at radius 2 is 1.23 bits per heavy atom. The van der Waals surface area contributed by atoms with Crippen LogP contribution in [0.15, 0.2) is 127 Å². The summed E-state index contributed by atoms with van der Waals surface area (Å²) in [5.41, 5.74) is 4.53. The number of ether oxygens (including phenoxy) is 8. The zero-order valence-electron chi connectivity index (χ0n) is 38.3. The Labute approximate surface area is 386 Å². The first-order valence-electron chi connectivity index (χ1n) is 21.2. The van der Waals surface area contributed by atoms with Crippen LogP contribution in [0.2, 0.25) is 0 Å². The van der Waals surface area contributed by atoms with Crippen LogP contribution in [-0.2, 0) is 62.6 Å². The van der Waals surface area contributed by atoms with Crippen molar-refractivity contribution in [3.63, 3.8) is 0 Å². The molecule has 2 aliphatic heterocycles. The highest BCUT2D eigenvalue weighted by atomic mass is 31.0. The predicted octanol–water partition coefficient (Wildman–Crippen LogP) is 9.13. The van der Waals surface area contributed by atoms with E-state index in [1.165, 1.54) is 11.8 Å². The molecule has 0 saturated carbocycles. The molecule has 5 rings (SSSR count). The third kappa shape index (κ3) is 29.6. The number of benzene rings is 3. The largest absolute Gasteiger partial charge is 0.411 e. The van der Waals surface area contributed by atoms with Gasteiger partial charge in [0.05, 0.1) is 89.7 Å². The van der Waals surface area contributed by atoms with Gasteiger partial charge in [-0.2, -0.15) is 9.90 Å². The number of rotatable bonds is 26. The summed E-state index contributed by atoms with van der Waals surface area (Å²) in [6.45, 7) is 19.6. The molecule has 0 spiro atoms. The van der Waals surface area contributed by atoms with Crippen molar-refractivity contribution in [2.45, 2.75) is 84.5 Å². The fourth-order valence-corrected chi connectivity index (χ4v) is 5.76. The van der Waals surface area contributed by atoms with Gasteiger partial charge in [-0.15, -0.1) is 38.3 Å². The van der Waals surface area contributed by atoms with Gasteiger partial charge in [-0.1, -0.05) is 113 Å². The number of nitrogens with zero attached hydrogens (tertiary/aromatic N) is 2. The molecule has 1 unspecified atom stereocenters. The van der Waals surface area contributed by atoms with E-state index in [4.69, 9.17) is 47.9 Å². The first kappa shape index (κ1) is 59.3. The second kappa shape index (κ2) is 42.3. The molecule has 2 aliphatic rings. The Morgan fingerprint density at radius 1 is 0.766 bits per heavy atom. The minimum Gasteiger partial charge on any atom is -0.411 e. The first-order chi connectivity index (χ1) is 31.0. The Morgan fingerprint density at radius 3 is 1.69 bits per heavy atom. The van der Waals surface area contributed by atoms with Gasteiger partial charge in [-0.3, -0.25) is 0 Å². The molecule has 352 valence electrons. The van der Waals surface area contributed by atoms with Crippen LogP contribution in [0.3, 0.4) is 0 Å². The second-order valence-electron chi connectivity index (χ2n) is 13.6. The van der Waals surface area contributed by atoms with Gasteiger partial charge in [0.2, 0.25) is 0 Å². The van der Waals surface area contributed by atoms with Gasteiger partial charge in [0, 0.05) is 19.1 Å². The van der Waals surface area contributed by atoms with E-state index in [2.05, 4.69) is 60.8 Å². The SMILES string of the molecule is C#C.C#CC.C=CC[C@H](COCc1ccccc1)OCC(OCC)OCC.C=CC[C@H](COCc1ccccc1)OCC=NO.P.c1ccc(COC[C@H]2C[C@H]3CON=C3CO2)cc1. The lowest BCUT2D eigenvalue weighted by Gasteiger charge is -2.26. The van der Waals surface area contributed by atoms with Gasteiger partial charge in [0.15, 0.2) is 6.29 Å². The highest BCUT2D eigenvalue weighted by Gasteiger charge is 2.32. The molecule has 0 aliphatic carbocycles. The molecule has 12 nitrogen and oxygen atoms in total. The third-order valence-corrected chi connectivity index (χ3v) is 8.71. The number of fused-ring (bicyclic) bond motifs is 1. The van der Waals surface area contributed by atoms with Crippen LogP contribution in [0.5, 0.6) is 0 Å². The maximum atomic E-state index is 8.27. The van der Waals surface area contributed by atoms with Crippen molar-refractivity contribution in [2.75, 3.05) is 59.5 Å². The van der Waals surface area contributed by atoms with Gasteiger partial charge >= 0.3 is 0 Å². The average Bonchev–Trinajstić information content (AvgIpc) is 3.79. The van der Waals surface area contributed by atoms with Crippen LogP contribution >= 0.6 is 9.90 Å². The van der Waals surface area contributed by atoms with Crippen molar-refractivity contribution in [3.05, 3.63) is 133 Å². The van der Waals surface area contributed by atoms with Crippen molar-refractivity contribution in [1.29, 1.82) is 0 Å². The van der Waals surface area contributed by atoms with Crippen LogP contribution in [-0.4, -0.2) is 101 Å². The van der Waals surface area contributed by atoms with E-state index in [1.54, 1.807) is 13.0 Å². The summed E-state index contributed by atoms with van der Waals surface area (Å²) >= 11 is 0. The standard InChI is InChI=1S/C18H28O4.C14H17NO3.C14H19NO3.C3H4.C2H2.H3P/c1-4-10-17(22-15-18(20-5-2)21-6-3)14-19-13-16-11-8-7-9-12-16;1-2-4-11(5-3-1)7-16-9-13-6-12-8-18-15-14(12)10-17-13;1-2-6-14(18-10-9-15-16)12-17-11-13-7-4-3-5-8-13;1-3-2;1-2;/h4,7-9,11-12,17-18H,1,5-6,10,13-15H2,2-3H3;1-5,12-13H,6-10H2;2-5,7-9,14,16H,1,6,10-12H2;1H,2H3;1-2H;1H3/t17-;12-,13+;14-;;;/m101.../s1. The van der Waals surface area contributed by atoms with Crippen LogP contribution in [0, 0.1) is 31.1 Å². The number of hydrogen-bond acceptors (Lipinski definition) is 12. The Balaban J connectivity index is 0.000000881. The van der Waals surface area contributed by atoms with Gasteiger partial charge < -0.3 is 47.9 Å². The minimum atomic E-state index is -0.323. The topological polar surface area (TPSA) is 128 Å². The van der Waals surface area contributed by atoms with Crippen LogP contribution in [0.25, 0.3) is 0 Å². The molecule has 1 N–H and O–H groups in total. The normalized spacial score (nSPS) is 15.4. The number of terminal acetylenes is 2. The molecule has 3 aromatic rings. The molecular weight excluding hydrogens is 832 g/mol. The quantitative estimate of drug-likeness (QED) is 0.0159. The molecule has 1 fully saturated rings. The lowest BCUT2D eigenvalue weighted by atomic mass is 9.95. The molecule has 3 aromatic carbocycles. The first-order valence-corrected chi connectivity index (χ1v) is 21.2. The van der Waals surface area contributed by atoms with E-state index < -0.39 is 0 Å². The summed E-state index contributed by atoms with van der Waals surface area (Å²) in [7, 11) is 0. The lowest BCUT2D eigenvalue weighted by molar-refractivity contribution is -0.180. The zero-order valence-corrected chi connectivity index (χ0v) is 39.7. The van der Waals surface area contributed by atoms with Crippen LogP contribution in [0.4, 0.5) is 0 Å². The Bertz CT molecular complexity index is 1650. The summed E-state index contributed by atoms with van der Waals surface area (Å²) in [5.74, 6) is 2.68. The molecular formula is C51H73N2O10P. The summed E-state index contributed by atoms with van der Waals surface area (Å²) in [4.78, 5) is 5.08. The van der Waals surface area contributed by atoms with Gasteiger partial charge in [0.25, 0.3) is 0 Å². The lowest BCUT2D eigenvalue weighted by Crippen LogP contribution is -2.35. The molecule has 2 heterocycles. The van der Waals surface area contributed by atoms with Crippen molar-refractivity contribution < 1.29 is 47.9 Å². The second-order valence-corrected chi connectivity index (χ2v) is 13.6. The van der Waals surface area contributed by atoms with E-state index in [-0.39, 0.29) is 41.1 Å². The van der Waals surface area contributed by atoms with E-state index in [0.29, 0.717) is 85.0 Å². The van der Waals surface area contributed by atoms with E-state index in [9.17, 15) is 0 Å². The smallest absolute Gasteiger partial charge is 0.180 e. The molecule has 0 amide bonds. The number of oxime groups is 2. The van der Waals surface area contributed by atoms with Gasteiger partial charge in [0.1, 0.15) is 6.61 Å².